The van der Waals surface area contributed by atoms with Gasteiger partial charge in [-0.15, -0.1) is 24.0 Å². The number of aliphatic imine (C=N–C) groups is 1. The van der Waals surface area contributed by atoms with Crippen molar-refractivity contribution in [1.82, 2.24) is 10.6 Å². The first kappa shape index (κ1) is 27.9. The van der Waals surface area contributed by atoms with Crippen LogP contribution in [0.3, 0.4) is 0 Å². The fourth-order valence-electron chi connectivity index (χ4n) is 2.99. The maximum atomic E-state index is 9.34. The summed E-state index contributed by atoms with van der Waals surface area (Å²) in [6.45, 7) is 10.4. The number of nitrogens with one attached hydrogen (secondary N) is 2. The highest BCUT2D eigenvalue weighted by molar-refractivity contribution is 14.0. The quantitative estimate of drug-likeness (QED) is 0.150. The Labute approximate surface area is 193 Å². The van der Waals surface area contributed by atoms with Crippen molar-refractivity contribution in [2.24, 2.45) is 16.8 Å². The number of benzene rings is 1. The van der Waals surface area contributed by atoms with Crippen molar-refractivity contribution < 1.29 is 14.6 Å². The topological polar surface area (TPSA) is 75.1 Å². The number of aliphatic hydroxyl groups is 1. The standard InChI is InChI=1S/C22H39N3O3.HI/c1-5-28-14-6-12-23-22(25-17-20(11-13-26)15-18(2)3)24-16-19-7-9-21(27-4)10-8-19;/h7-10,18,20,26H,5-6,11-17H2,1-4H3,(H2,23,24,25);1H. The summed E-state index contributed by atoms with van der Waals surface area (Å²) >= 11 is 0. The monoisotopic (exact) mass is 521 g/mol. The highest BCUT2D eigenvalue weighted by Crippen LogP contribution is 2.14. The van der Waals surface area contributed by atoms with E-state index in [1.165, 1.54) is 0 Å². The Morgan fingerprint density at radius 1 is 1.17 bits per heavy atom. The summed E-state index contributed by atoms with van der Waals surface area (Å²) in [7, 11) is 1.67. The van der Waals surface area contributed by atoms with Crippen LogP contribution in [0.2, 0.25) is 0 Å². The summed E-state index contributed by atoms with van der Waals surface area (Å²) in [5.41, 5.74) is 1.13. The van der Waals surface area contributed by atoms with Crippen LogP contribution < -0.4 is 15.4 Å². The molecule has 0 aliphatic rings. The zero-order valence-corrected chi connectivity index (χ0v) is 20.8. The van der Waals surface area contributed by atoms with Gasteiger partial charge in [0.1, 0.15) is 5.75 Å². The molecular weight excluding hydrogens is 481 g/mol. The summed E-state index contributed by atoms with van der Waals surface area (Å²) < 4.78 is 10.6. The van der Waals surface area contributed by atoms with E-state index in [-0.39, 0.29) is 30.6 Å². The van der Waals surface area contributed by atoms with Gasteiger partial charge in [-0.25, -0.2) is 4.99 Å². The third-order valence-electron chi connectivity index (χ3n) is 4.44. The lowest BCUT2D eigenvalue weighted by Crippen LogP contribution is -2.41. The molecule has 0 aliphatic heterocycles. The van der Waals surface area contributed by atoms with E-state index in [0.29, 0.717) is 18.4 Å². The Hall–Kier alpha value is -1.06. The van der Waals surface area contributed by atoms with E-state index in [1.807, 2.05) is 31.2 Å². The molecule has 1 aromatic rings. The third-order valence-corrected chi connectivity index (χ3v) is 4.44. The number of aliphatic hydroxyl groups excluding tert-OH is 1. The van der Waals surface area contributed by atoms with E-state index >= 15 is 0 Å². The second-order valence-corrected chi connectivity index (χ2v) is 7.38. The van der Waals surface area contributed by atoms with Gasteiger partial charge in [0, 0.05) is 32.9 Å². The molecule has 0 aliphatic carbocycles. The number of hydrogen-bond donors (Lipinski definition) is 3. The first-order valence-corrected chi connectivity index (χ1v) is 10.4. The molecule has 0 fully saturated rings. The molecule has 0 saturated heterocycles. The summed E-state index contributed by atoms with van der Waals surface area (Å²) in [6, 6.07) is 7.96. The van der Waals surface area contributed by atoms with E-state index in [4.69, 9.17) is 14.5 Å². The molecule has 0 amide bonds. The van der Waals surface area contributed by atoms with Crippen LogP contribution in [0.5, 0.6) is 5.75 Å². The Morgan fingerprint density at radius 3 is 2.48 bits per heavy atom. The van der Waals surface area contributed by atoms with E-state index in [9.17, 15) is 5.11 Å². The van der Waals surface area contributed by atoms with Crippen molar-refractivity contribution in [2.45, 2.75) is 46.6 Å². The summed E-state index contributed by atoms with van der Waals surface area (Å²) in [6.07, 6.45) is 2.83. The Kier molecular flexibility index (Phi) is 17.1. The zero-order valence-electron chi connectivity index (χ0n) is 18.4. The highest BCUT2D eigenvalue weighted by atomic mass is 127. The SMILES string of the molecule is CCOCCCNC(=NCc1ccc(OC)cc1)NCC(CCO)CC(C)C.I. The maximum absolute atomic E-state index is 9.34. The molecule has 1 atom stereocenters. The fraction of sp³-hybridized carbons (Fsp3) is 0.682. The zero-order chi connectivity index (χ0) is 20.6. The Morgan fingerprint density at radius 2 is 1.90 bits per heavy atom. The summed E-state index contributed by atoms with van der Waals surface area (Å²) in [5.74, 6) is 2.69. The molecule has 0 bridgehead atoms. The Bertz CT molecular complexity index is 539. The number of halogens is 1. The van der Waals surface area contributed by atoms with Crippen molar-refractivity contribution >= 4 is 29.9 Å². The van der Waals surface area contributed by atoms with E-state index in [2.05, 4.69) is 24.5 Å². The number of methoxy groups -OCH3 is 1. The van der Waals surface area contributed by atoms with Gasteiger partial charge in [-0.2, -0.15) is 0 Å². The van der Waals surface area contributed by atoms with Gasteiger partial charge in [0.2, 0.25) is 0 Å². The summed E-state index contributed by atoms with van der Waals surface area (Å²) in [5, 5.41) is 16.2. The van der Waals surface area contributed by atoms with E-state index < -0.39 is 0 Å². The second-order valence-electron chi connectivity index (χ2n) is 7.38. The van der Waals surface area contributed by atoms with Crippen molar-refractivity contribution in [3.63, 3.8) is 0 Å². The minimum absolute atomic E-state index is 0. The molecule has 168 valence electrons. The van der Waals surface area contributed by atoms with Crippen LogP contribution in [0.25, 0.3) is 0 Å². The van der Waals surface area contributed by atoms with Crippen molar-refractivity contribution in [2.75, 3.05) is 40.0 Å². The lowest BCUT2D eigenvalue weighted by Gasteiger charge is -2.20. The van der Waals surface area contributed by atoms with Gasteiger partial charge in [-0.05, 0) is 55.7 Å². The van der Waals surface area contributed by atoms with Gasteiger partial charge in [0.15, 0.2) is 5.96 Å². The molecule has 7 heteroatoms. The smallest absolute Gasteiger partial charge is 0.191 e. The van der Waals surface area contributed by atoms with Gasteiger partial charge in [0.25, 0.3) is 0 Å². The van der Waals surface area contributed by atoms with Crippen molar-refractivity contribution in [1.29, 1.82) is 0 Å². The number of hydrogen-bond acceptors (Lipinski definition) is 4. The molecule has 1 aromatic carbocycles. The minimum Gasteiger partial charge on any atom is -0.497 e. The molecule has 0 spiro atoms. The molecule has 3 N–H and O–H groups in total. The molecule has 1 rings (SSSR count). The lowest BCUT2D eigenvalue weighted by molar-refractivity contribution is 0.145. The summed E-state index contributed by atoms with van der Waals surface area (Å²) in [4.78, 5) is 4.73. The number of ether oxygens (including phenoxy) is 2. The molecule has 0 heterocycles. The van der Waals surface area contributed by atoms with Crippen LogP contribution >= 0.6 is 24.0 Å². The Balaban J connectivity index is 0.00000784. The predicted molar refractivity (Wildman–Crippen MR) is 131 cm³/mol. The van der Waals surface area contributed by atoms with E-state index in [0.717, 1.165) is 62.8 Å². The number of rotatable bonds is 14. The molecular formula is C22H40IN3O3. The highest BCUT2D eigenvalue weighted by Gasteiger charge is 2.11. The number of guanidine groups is 1. The van der Waals surface area contributed by atoms with Crippen LogP contribution in [0.1, 0.15) is 45.6 Å². The normalized spacial score (nSPS) is 12.4. The van der Waals surface area contributed by atoms with Gasteiger partial charge in [-0.3, -0.25) is 0 Å². The first-order chi connectivity index (χ1) is 13.6. The molecule has 0 saturated carbocycles. The molecule has 0 aromatic heterocycles. The van der Waals surface area contributed by atoms with Crippen LogP contribution in [-0.4, -0.2) is 51.1 Å². The third kappa shape index (κ3) is 13.7. The van der Waals surface area contributed by atoms with Crippen LogP contribution in [-0.2, 0) is 11.3 Å². The van der Waals surface area contributed by atoms with Crippen LogP contribution in [0.4, 0.5) is 0 Å². The average Bonchev–Trinajstić information content (AvgIpc) is 2.69. The van der Waals surface area contributed by atoms with Crippen molar-refractivity contribution in [3.8, 4) is 5.75 Å². The molecule has 0 radical (unpaired) electrons. The first-order valence-electron chi connectivity index (χ1n) is 10.4. The average molecular weight is 521 g/mol. The molecule has 1 unspecified atom stereocenters. The second kappa shape index (κ2) is 17.8. The van der Waals surface area contributed by atoms with E-state index in [1.54, 1.807) is 7.11 Å². The molecule has 6 nitrogen and oxygen atoms in total. The largest absolute Gasteiger partial charge is 0.497 e. The number of nitrogens with zero attached hydrogens (tertiary/aromatic N) is 1. The molecule has 29 heavy (non-hydrogen) atoms. The van der Waals surface area contributed by atoms with Gasteiger partial charge >= 0.3 is 0 Å². The van der Waals surface area contributed by atoms with Gasteiger partial charge < -0.3 is 25.2 Å². The van der Waals surface area contributed by atoms with Gasteiger partial charge in [0.05, 0.1) is 13.7 Å². The maximum Gasteiger partial charge on any atom is 0.191 e. The van der Waals surface area contributed by atoms with Crippen LogP contribution in [0, 0.1) is 11.8 Å². The predicted octanol–water partition coefficient (Wildman–Crippen LogP) is 3.82. The minimum atomic E-state index is 0. The fourth-order valence-corrected chi connectivity index (χ4v) is 2.99. The van der Waals surface area contributed by atoms with Crippen LogP contribution in [0.15, 0.2) is 29.3 Å². The van der Waals surface area contributed by atoms with Crippen molar-refractivity contribution in [3.05, 3.63) is 29.8 Å². The van der Waals surface area contributed by atoms with Gasteiger partial charge in [-0.1, -0.05) is 26.0 Å². The lowest BCUT2D eigenvalue weighted by atomic mass is 9.94.